The van der Waals surface area contributed by atoms with Crippen molar-refractivity contribution in [2.75, 3.05) is 31.1 Å². The Morgan fingerprint density at radius 3 is 2.17 bits per heavy atom. The maximum atomic E-state index is 13.6. The minimum absolute atomic E-state index is 0.138. The number of carbonyl (C=O) groups excluding carboxylic acids is 1. The molecule has 1 saturated heterocycles. The number of nitrogens with zero attached hydrogens (tertiary/aromatic N) is 1. The van der Waals surface area contributed by atoms with Crippen LogP contribution in [0.25, 0.3) is 0 Å². The summed E-state index contributed by atoms with van der Waals surface area (Å²) in [6.45, 7) is 28.0. The smallest absolute Gasteiger partial charge is 0.309 e. The lowest BCUT2D eigenvalue weighted by Gasteiger charge is -2.73. The number of fused-ring (bicyclic) bond motifs is 7. The number of carboxylic acid groups (broad SMARTS) is 1. The van der Waals surface area contributed by atoms with Gasteiger partial charge in [0.1, 0.15) is 6.10 Å². The minimum Gasteiger partial charge on any atom is -0.481 e. The third-order valence-corrected chi connectivity index (χ3v) is 20.8. The second-order valence-corrected chi connectivity index (χ2v) is 24.2. The molecule has 13 atom stereocenters. The predicted octanol–water partition coefficient (Wildman–Crippen LogP) is 8.15. The fraction of sp³-hybridized carbons (Fsp3) is 0.911. The Hall–Kier alpha value is -1.45. The molecular formula is C45H74N2O6S. The number of carboxylic acids is 1. The van der Waals surface area contributed by atoms with E-state index in [4.69, 9.17) is 4.74 Å². The molecule has 0 aromatic carbocycles. The van der Waals surface area contributed by atoms with Crippen molar-refractivity contribution in [3.05, 3.63) is 12.2 Å². The van der Waals surface area contributed by atoms with E-state index in [0.29, 0.717) is 55.1 Å². The summed E-state index contributed by atoms with van der Waals surface area (Å²) in [5.74, 6) is 1.64. The molecule has 2 N–H and O–H groups in total. The molecule has 0 aromatic rings. The summed E-state index contributed by atoms with van der Waals surface area (Å²) in [7, 11) is -2.88. The van der Waals surface area contributed by atoms with Gasteiger partial charge in [-0.3, -0.25) is 14.5 Å². The van der Waals surface area contributed by atoms with E-state index >= 15 is 0 Å². The topological polar surface area (TPSA) is 113 Å². The van der Waals surface area contributed by atoms with Crippen LogP contribution in [-0.4, -0.2) is 79.2 Å². The molecule has 8 nitrogen and oxygen atoms in total. The highest BCUT2D eigenvalue weighted by Gasteiger charge is 2.71. The van der Waals surface area contributed by atoms with Gasteiger partial charge < -0.3 is 15.2 Å². The summed E-state index contributed by atoms with van der Waals surface area (Å²) in [6.07, 6.45) is 13.1. The van der Waals surface area contributed by atoms with Crippen molar-refractivity contribution >= 4 is 21.8 Å². The first kappa shape index (κ1) is 40.7. The van der Waals surface area contributed by atoms with Gasteiger partial charge in [0.05, 0.1) is 23.3 Å². The normalized spacial score (nSPS) is 46.8. The Kier molecular flexibility index (Phi) is 10.2. The maximum Gasteiger partial charge on any atom is 0.309 e. The molecule has 0 radical (unpaired) electrons. The van der Waals surface area contributed by atoms with Crippen LogP contribution in [0.2, 0.25) is 0 Å². The number of aliphatic carboxylic acids is 1. The zero-order valence-electron chi connectivity index (χ0n) is 35.3. The molecule has 0 amide bonds. The maximum absolute atomic E-state index is 13.6. The molecule has 306 valence electrons. The van der Waals surface area contributed by atoms with Crippen molar-refractivity contribution in [2.24, 2.45) is 68.5 Å². The first-order chi connectivity index (χ1) is 25.0. The van der Waals surface area contributed by atoms with Crippen LogP contribution in [0.3, 0.4) is 0 Å². The van der Waals surface area contributed by atoms with E-state index in [1.807, 2.05) is 13.8 Å². The molecule has 1 aliphatic heterocycles. The van der Waals surface area contributed by atoms with Crippen LogP contribution in [0.4, 0.5) is 0 Å². The number of hydrogen-bond acceptors (Lipinski definition) is 7. The van der Waals surface area contributed by atoms with Gasteiger partial charge in [0.2, 0.25) is 0 Å². The Morgan fingerprint density at radius 1 is 0.852 bits per heavy atom. The van der Waals surface area contributed by atoms with E-state index < -0.39 is 27.1 Å². The van der Waals surface area contributed by atoms with Crippen LogP contribution in [0.15, 0.2) is 12.2 Å². The Labute approximate surface area is 327 Å². The second kappa shape index (κ2) is 13.6. The molecule has 7 aliphatic rings. The van der Waals surface area contributed by atoms with Gasteiger partial charge in [-0.1, -0.05) is 60.6 Å². The Bertz CT molecular complexity index is 1610. The lowest BCUT2D eigenvalue weighted by molar-refractivity contribution is -0.248. The van der Waals surface area contributed by atoms with E-state index in [2.05, 4.69) is 65.3 Å². The average molecular weight is 771 g/mol. The fourth-order valence-corrected chi connectivity index (χ4v) is 16.7. The number of rotatable bonds is 9. The summed E-state index contributed by atoms with van der Waals surface area (Å²) < 4.78 is 30.6. The summed E-state index contributed by atoms with van der Waals surface area (Å²) in [5.41, 5.74) is 1.44. The SMILES string of the molecule is C=C(C)[C@@H]1CC[C@]2(NCC[C@@H](C)N3CCS(=O)(=O)CC3)CC[C@]3(C)[C@H](CC[C@@H]4[C@@]5(C)CC[C@H](OC(=O)[C@H]6C[C@@H](C(=O)O)C6(C)C)C(C)(C)[C@@H]5CC[C@]43C)[C@@H]12. The summed E-state index contributed by atoms with van der Waals surface area (Å²) >= 11 is 0. The highest BCUT2D eigenvalue weighted by molar-refractivity contribution is 7.91. The first-order valence-corrected chi connectivity index (χ1v) is 23.6. The van der Waals surface area contributed by atoms with Crippen molar-refractivity contribution in [1.29, 1.82) is 0 Å². The quantitative estimate of drug-likeness (QED) is 0.179. The van der Waals surface area contributed by atoms with E-state index in [9.17, 15) is 23.1 Å². The number of ether oxygens (including phenoxy) is 1. The molecule has 6 aliphatic carbocycles. The number of allylic oxidation sites excluding steroid dienone is 1. The molecule has 0 spiro atoms. The summed E-state index contributed by atoms with van der Waals surface area (Å²) in [6, 6.07) is 0.373. The van der Waals surface area contributed by atoms with Crippen LogP contribution < -0.4 is 5.32 Å². The molecule has 7 rings (SSSR count). The third-order valence-electron chi connectivity index (χ3n) is 19.2. The molecular weight excluding hydrogens is 697 g/mol. The summed E-state index contributed by atoms with van der Waals surface area (Å²) in [4.78, 5) is 27.8. The number of hydrogen-bond donors (Lipinski definition) is 2. The number of sulfone groups is 1. The van der Waals surface area contributed by atoms with Gasteiger partial charge in [0, 0.05) is 30.1 Å². The summed E-state index contributed by atoms with van der Waals surface area (Å²) in [5, 5.41) is 13.9. The van der Waals surface area contributed by atoms with Gasteiger partial charge in [-0.2, -0.15) is 0 Å². The molecule has 54 heavy (non-hydrogen) atoms. The second-order valence-electron chi connectivity index (χ2n) is 21.9. The van der Waals surface area contributed by atoms with Crippen molar-refractivity contribution in [2.45, 2.75) is 157 Å². The Balaban J connectivity index is 1.07. The highest BCUT2D eigenvalue weighted by atomic mass is 32.2. The van der Waals surface area contributed by atoms with E-state index in [-0.39, 0.29) is 56.7 Å². The van der Waals surface area contributed by atoms with Crippen LogP contribution >= 0.6 is 0 Å². The lowest BCUT2D eigenvalue weighted by atomic mass is 9.32. The van der Waals surface area contributed by atoms with Gasteiger partial charge in [-0.25, -0.2) is 8.42 Å². The van der Waals surface area contributed by atoms with Crippen molar-refractivity contribution in [3.8, 4) is 0 Å². The molecule has 6 saturated carbocycles. The lowest BCUT2D eigenvalue weighted by Crippen LogP contribution is -2.69. The highest BCUT2D eigenvalue weighted by Crippen LogP contribution is 2.76. The van der Waals surface area contributed by atoms with Crippen LogP contribution in [0.1, 0.15) is 139 Å². The van der Waals surface area contributed by atoms with Crippen molar-refractivity contribution in [3.63, 3.8) is 0 Å². The number of carbonyl (C=O) groups is 2. The average Bonchev–Trinajstić information content (AvgIpc) is 3.45. The van der Waals surface area contributed by atoms with E-state index in [0.717, 1.165) is 32.2 Å². The molecule has 0 aromatic heterocycles. The van der Waals surface area contributed by atoms with Gasteiger partial charge in [0.25, 0.3) is 0 Å². The monoisotopic (exact) mass is 771 g/mol. The van der Waals surface area contributed by atoms with Crippen LogP contribution in [-0.2, 0) is 24.2 Å². The molecule has 7 fully saturated rings. The van der Waals surface area contributed by atoms with Crippen LogP contribution in [0.5, 0.6) is 0 Å². The number of esters is 1. The van der Waals surface area contributed by atoms with Gasteiger partial charge in [0.15, 0.2) is 9.84 Å². The van der Waals surface area contributed by atoms with Gasteiger partial charge in [-0.15, -0.1) is 0 Å². The third kappa shape index (κ3) is 6.11. The Morgan fingerprint density at radius 2 is 1.54 bits per heavy atom. The van der Waals surface area contributed by atoms with E-state index in [1.165, 1.54) is 50.5 Å². The van der Waals surface area contributed by atoms with Crippen molar-refractivity contribution < 1.29 is 27.9 Å². The number of nitrogens with one attached hydrogen (secondary N) is 1. The zero-order valence-corrected chi connectivity index (χ0v) is 36.1. The first-order valence-electron chi connectivity index (χ1n) is 21.8. The molecule has 9 heteroatoms. The fourth-order valence-electron chi connectivity index (χ4n) is 15.5. The largest absolute Gasteiger partial charge is 0.481 e. The molecule has 1 heterocycles. The minimum atomic E-state index is -2.88. The van der Waals surface area contributed by atoms with Gasteiger partial charge in [-0.05, 0) is 149 Å². The van der Waals surface area contributed by atoms with Crippen LogP contribution in [0, 0.1) is 68.5 Å². The predicted molar refractivity (Wildman–Crippen MR) is 214 cm³/mol. The van der Waals surface area contributed by atoms with E-state index in [1.54, 1.807) is 0 Å². The molecule has 0 unspecified atom stereocenters. The molecule has 0 bridgehead atoms. The zero-order chi connectivity index (χ0) is 39.4. The van der Waals surface area contributed by atoms with Gasteiger partial charge >= 0.3 is 11.9 Å². The van der Waals surface area contributed by atoms with Crippen molar-refractivity contribution in [1.82, 2.24) is 10.2 Å². The standard InChI is InChI=1S/C45H74N2O6S/c1-28(2)30-13-19-45(46-22-16-29(3)47-23-25-54(51,52)26-24-47)21-20-43(9)31(37(30)45)11-12-35-42(8)17-15-36(41(6,7)34(42)14-18-44(35,43)10)53-39(50)33-27-32(38(48)49)40(33,4)5/h29-37,46H,1,11-27H2,2-10H3,(H,48,49)/t29-,30+,31-,32+,33-,34+,35-,36+,37-,42+,43-,44-,45+/m1/s1.